The molecule has 0 saturated carbocycles. The highest BCUT2D eigenvalue weighted by molar-refractivity contribution is 5.81. The van der Waals surface area contributed by atoms with Gasteiger partial charge in [0.15, 0.2) is 0 Å². The molecule has 0 radical (unpaired) electrons. The SMILES string of the molecule is CN(C(CCc1ccc(C(F)(F)F)cc1)c1ccc(OC(F)(F)F)cc1)C(C(N)=O)c1ccccc1. The lowest BCUT2D eigenvalue weighted by molar-refractivity contribution is -0.274. The average molecular weight is 510 g/mol. The summed E-state index contributed by atoms with van der Waals surface area (Å²) in [4.78, 5) is 14.1. The minimum Gasteiger partial charge on any atom is -0.406 e. The molecule has 0 bridgehead atoms. The minimum absolute atomic E-state index is 0.341. The molecule has 0 spiro atoms. The van der Waals surface area contributed by atoms with E-state index in [0.717, 1.165) is 12.1 Å². The minimum atomic E-state index is -4.84. The summed E-state index contributed by atoms with van der Waals surface area (Å²) in [5.74, 6) is -1.02. The molecule has 0 aliphatic rings. The highest BCUT2D eigenvalue weighted by atomic mass is 19.4. The van der Waals surface area contributed by atoms with Crippen molar-refractivity contribution < 1.29 is 35.9 Å². The molecule has 2 N–H and O–H groups in total. The first-order valence-electron chi connectivity index (χ1n) is 10.9. The Bertz CT molecular complexity index is 1130. The molecule has 0 heterocycles. The van der Waals surface area contributed by atoms with Gasteiger partial charge in [-0.1, -0.05) is 54.6 Å². The van der Waals surface area contributed by atoms with Gasteiger partial charge in [0.25, 0.3) is 0 Å². The molecule has 4 nitrogen and oxygen atoms in total. The van der Waals surface area contributed by atoms with Gasteiger partial charge >= 0.3 is 12.5 Å². The van der Waals surface area contributed by atoms with Crippen molar-refractivity contribution in [2.24, 2.45) is 5.73 Å². The Labute approximate surface area is 204 Å². The van der Waals surface area contributed by atoms with Crippen LogP contribution in [0.5, 0.6) is 5.75 Å². The van der Waals surface area contributed by atoms with E-state index >= 15 is 0 Å². The number of nitrogens with two attached hydrogens (primary N) is 1. The summed E-state index contributed by atoms with van der Waals surface area (Å²) in [5.41, 5.74) is 6.79. The maximum Gasteiger partial charge on any atom is 0.573 e. The number of hydrogen-bond donors (Lipinski definition) is 1. The van der Waals surface area contributed by atoms with Crippen LogP contribution in [0.25, 0.3) is 0 Å². The molecule has 3 rings (SSSR count). The lowest BCUT2D eigenvalue weighted by atomic mass is 9.94. The Morgan fingerprint density at radius 2 is 1.44 bits per heavy atom. The van der Waals surface area contributed by atoms with Crippen LogP contribution in [0.15, 0.2) is 78.9 Å². The lowest BCUT2D eigenvalue weighted by Crippen LogP contribution is -2.38. The molecule has 2 unspecified atom stereocenters. The second-order valence-electron chi connectivity index (χ2n) is 8.25. The van der Waals surface area contributed by atoms with Crippen molar-refractivity contribution in [2.45, 2.75) is 37.5 Å². The van der Waals surface area contributed by atoms with Crippen molar-refractivity contribution in [3.05, 3.63) is 101 Å². The summed E-state index contributed by atoms with van der Waals surface area (Å²) < 4.78 is 80.3. The van der Waals surface area contributed by atoms with Gasteiger partial charge in [-0.3, -0.25) is 9.69 Å². The lowest BCUT2D eigenvalue weighted by Gasteiger charge is -2.34. The van der Waals surface area contributed by atoms with E-state index in [-0.39, 0.29) is 0 Å². The zero-order chi connectivity index (χ0) is 26.5. The van der Waals surface area contributed by atoms with E-state index in [1.165, 1.54) is 36.4 Å². The number of primary amides is 1. The van der Waals surface area contributed by atoms with Gasteiger partial charge in [-0.25, -0.2) is 0 Å². The summed E-state index contributed by atoms with van der Waals surface area (Å²) in [6, 6.07) is 17.4. The van der Waals surface area contributed by atoms with Crippen LogP contribution in [0, 0.1) is 0 Å². The molecule has 36 heavy (non-hydrogen) atoms. The molecule has 0 aromatic heterocycles. The zero-order valence-corrected chi connectivity index (χ0v) is 19.2. The quantitative estimate of drug-likeness (QED) is 0.337. The molecule has 1 amide bonds. The topological polar surface area (TPSA) is 55.6 Å². The predicted molar refractivity (Wildman–Crippen MR) is 122 cm³/mol. The molecule has 192 valence electrons. The Kier molecular flexibility index (Phi) is 8.29. The molecule has 0 fully saturated rings. The molecule has 3 aromatic carbocycles. The van der Waals surface area contributed by atoms with Gasteiger partial charge < -0.3 is 10.5 Å². The van der Waals surface area contributed by atoms with Crippen molar-refractivity contribution in [1.82, 2.24) is 4.90 Å². The summed E-state index contributed by atoms with van der Waals surface area (Å²) in [5, 5.41) is 0. The maximum absolute atomic E-state index is 12.9. The number of rotatable bonds is 9. The molecule has 0 saturated heterocycles. The van der Waals surface area contributed by atoms with Crippen molar-refractivity contribution in [3.63, 3.8) is 0 Å². The van der Waals surface area contributed by atoms with E-state index in [4.69, 9.17) is 5.73 Å². The van der Waals surface area contributed by atoms with Crippen LogP contribution in [0.1, 0.15) is 40.8 Å². The van der Waals surface area contributed by atoms with Crippen LogP contribution >= 0.6 is 0 Å². The normalized spacial score (nSPS) is 13.9. The number of carbonyl (C=O) groups is 1. The molecule has 10 heteroatoms. The molecule has 3 aromatic rings. The number of nitrogens with zero attached hydrogens (tertiary/aromatic N) is 1. The number of likely N-dealkylation sites (N-methyl/N-ethyl adjacent to an activating group) is 1. The van der Waals surface area contributed by atoms with E-state index in [1.807, 2.05) is 0 Å². The summed E-state index contributed by atoms with van der Waals surface area (Å²) in [6.45, 7) is 0. The first-order chi connectivity index (χ1) is 16.8. The highest BCUT2D eigenvalue weighted by Crippen LogP contribution is 2.35. The standard InChI is InChI=1S/C26H24F6N2O2/c1-34(23(24(33)35)19-5-3-2-4-6-19)22(18-10-14-21(15-11-18)36-26(30,31)32)16-9-17-7-12-20(13-8-17)25(27,28)29/h2-8,10-15,22-23H,9,16H2,1H3,(H2,33,35). The van der Waals surface area contributed by atoms with E-state index in [2.05, 4.69) is 4.74 Å². The van der Waals surface area contributed by atoms with Crippen molar-refractivity contribution >= 4 is 5.91 Å². The number of ether oxygens (including phenoxy) is 1. The van der Waals surface area contributed by atoms with Crippen molar-refractivity contribution in [2.75, 3.05) is 7.05 Å². The Morgan fingerprint density at radius 1 is 0.861 bits per heavy atom. The van der Waals surface area contributed by atoms with E-state index in [9.17, 15) is 31.1 Å². The summed E-state index contributed by atoms with van der Waals surface area (Å²) >= 11 is 0. The first kappa shape index (κ1) is 27.1. The molecule has 0 aliphatic heterocycles. The van der Waals surface area contributed by atoms with E-state index in [1.54, 1.807) is 42.3 Å². The molecular weight excluding hydrogens is 486 g/mol. The number of aryl methyl sites for hydroxylation is 1. The number of carbonyl (C=O) groups excluding carboxylic acids is 1. The van der Waals surface area contributed by atoms with Gasteiger partial charge in [0.1, 0.15) is 11.8 Å². The largest absolute Gasteiger partial charge is 0.573 e. The molecule has 0 aliphatic carbocycles. The maximum atomic E-state index is 12.9. The third kappa shape index (κ3) is 7.24. The van der Waals surface area contributed by atoms with E-state index in [0.29, 0.717) is 29.5 Å². The van der Waals surface area contributed by atoms with Gasteiger partial charge in [-0.2, -0.15) is 13.2 Å². The number of amides is 1. The summed E-state index contributed by atoms with van der Waals surface area (Å²) in [6.07, 6.45) is -8.61. The van der Waals surface area contributed by atoms with Crippen molar-refractivity contribution in [1.29, 1.82) is 0 Å². The number of alkyl halides is 6. The van der Waals surface area contributed by atoms with Crippen LogP contribution in [0.2, 0.25) is 0 Å². The Hall–Kier alpha value is -3.53. The monoisotopic (exact) mass is 510 g/mol. The van der Waals surface area contributed by atoms with Gasteiger partial charge in [-0.05, 0) is 60.8 Å². The van der Waals surface area contributed by atoms with Crippen LogP contribution in [-0.2, 0) is 17.4 Å². The zero-order valence-electron chi connectivity index (χ0n) is 19.2. The third-order valence-electron chi connectivity index (χ3n) is 5.77. The predicted octanol–water partition coefficient (Wildman–Crippen LogP) is 6.44. The third-order valence-corrected chi connectivity index (χ3v) is 5.77. The second-order valence-corrected chi connectivity index (χ2v) is 8.25. The van der Waals surface area contributed by atoms with Crippen molar-refractivity contribution in [3.8, 4) is 5.75 Å². The summed E-state index contributed by atoms with van der Waals surface area (Å²) in [7, 11) is 1.67. The number of hydrogen-bond acceptors (Lipinski definition) is 3. The number of benzene rings is 3. The highest BCUT2D eigenvalue weighted by Gasteiger charge is 2.33. The van der Waals surface area contributed by atoms with Crippen LogP contribution in [0.3, 0.4) is 0 Å². The Morgan fingerprint density at radius 3 is 1.94 bits per heavy atom. The smallest absolute Gasteiger partial charge is 0.406 e. The average Bonchev–Trinajstić information content (AvgIpc) is 2.79. The van der Waals surface area contributed by atoms with Crippen LogP contribution in [0.4, 0.5) is 26.3 Å². The van der Waals surface area contributed by atoms with Gasteiger partial charge in [0, 0.05) is 6.04 Å². The fourth-order valence-corrected chi connectivity index (χ4v) is 4.08. The van der Waals surface area contributed by atoms with Gasteiger partial charge in [0.05, 0.1) is 5.56 Å². The Balaban J connectivity index is 1.90. The van der Waals surface area contributed by atoms with E-state index < -0.39 is 41.8 Å². The molecule has 2 atom stereocenters. The van der Waals surface area contributed by atoms with Gasteiger partial charge in [0.2, 0.25) is 5.91 Å². The fourth-order valence-electron chi connectivity index (χ4n) is 4.08. The fraction of sp³-hybridized carbons (Fsp3) is 0.269. The molecular formula is C26H24F6N2O2. The van der Waals surface area contributed by atoms with Crippen LogP contribution < -0.4 is 10.5 Å². The van der Waals surface area contributed by atoms with Gasteiger partial charge in [-0.15, -0.1) is 13.2 Å². The second kappa shape index (κ2) is 11.0. The first-order valence-corrected chi connectivity index (χ1v) is 10.9. The van der Waals surface area contributed by atoms with Crippen LogP contribution in [-0.4, -0.2) is 24.2 Å². The number of halogens is 6.